The molecule has 0 saturated heterocycles. The lowest BCUT2D eigenvalue weighted by atomic mass is 9.96. The maximum Gasteiger partial charge on any atom is 0.244 e. The molecule has 31 heavy (non-hydrogen) atoms. The zero-order valence-electron chi connectivity index (χ0n) is 19.2. The number of carbonyl (C=O) groups excluding carboxylic acids is 1. The Bertz CT molecular complexity index is 783. The van der Waals surface area contributed by atoms with Gasteiger partial charge in [0.15, 0.2) is 0 Å². The first-order valence-electron chi connectivity index (χ1n) is 12.1. The molecular formula is C28H40N2O. The van der Waals surface area contributed by atoms with Crippen molar-refractivity contribution in [2.24, 2.45) is 0 Å². The summed E-state index contributed by atoms with van der Waals surface area (Å²) in [5.74, 6) is -0.0609. The molecule has 0 atom stereocenters. The third kappa shape index (κ3) is 9.87. The Kier molecular flexibility index (Phi) is 12.2. The van der Waals surface area contributed by atoms with Crippen LogP contribution in [-0.2, 0) is 4.79 Å². The van der Waals surface area contributed by atoms with Gasteiger partial charge in [0.25, 0.3) is 0 Å². The highest BCUT2D eigenvalue weighted by Crippen LogP contribution is 2.27. The summed E-state index contributed by atoms with van der Waals surface area (Å²) in [7, 11) is 0. The third-order valence-electron chi connectivity index (χ3n) is 5.69. The molecule has 0 radical (unpaired) electrons. The van der Waals surface area contributed by atoms with Crippen molar-refractivity contribution in [1.29, 1.82) is 0 Å². The number of nitrogens with one attached hydrogen (secondary N) is 1. The first kappa shape index (κ1) is 24.7. The summed E-state index contributed by atoms with van der Waals surface area (Å²) in [6.45, 7) is 2.98. The maximum atomic E-state index is 12.6. The van der Waals surface area contributed by atoms with Gasteiger partial charge in [-0.05, 0) is 23.6 Å². The van der Waals surface area contributed by atoms with Gasteiger partial charge in [0.05, 0.1) is 0 Å². The Labute approximate surface area is 189 Å². The van der Waals surface area contributed by atoms with Crippen molar-refractivity contribution >= 4 is 17.2 Å². The van der Waals surface area contributed by atoms with E-state index in [0.717, 1.165) is 29.7 Å². The highest BCUT2D eigenvalue weighted by Gasteiger charge is 2.10. The number of carbonyl (C=O) groups is 1. The molecule has 2 aromatic rings. The summed E-state index contributed by atoms with van der Waals surface area (Å²) in [6.07, 6.45) is 16.1. The molecule has 0 saturated carbocycles. The normalized spacial score (nSPS) is 11.5. The Balaban J connectivity index is 1.72. The standard InChI is InChI=1S/C28H40N2O/c1-2-3-4-5-6-7-8-9-10-11-17-22-30-28(31)23-26(24-18-13-12-14-19-24)25-20-15-16-21-27(25)29/h12-16,18-21,23H,2-11,17,22,29H2,1H3,(H,30,31)/b26-23-. The van der Waals surface area contributed by atoms with Crippen molar-refractivity contribution in [1.82, 2.24) is 5.32 Å². The first-order valence-corrected chi connectivity index (χ1v) is 12.1. The van der Waals surface area contributed by atoms with E-state index in [2.05, 4.69) is 12.2 Å². The molecule has 0 aromatic heterocycles. The molecule has 0 fully saturated rings. The second kappa shape index (κ2) is 15.3. The first-order chi connectivity index (χ1) is 15.2. The largest absolute Gasteiger partial charge is 0.398 e. The lowest BCUT2D eigenvalue weighted by molar-refractivity contribution is -0.116. The number of hydrogen-bond acceptors (Lipinski definition) is 2. The average molecular weight is 421 g/mol. The smallest absolute Gasteiger partial charge is 0.244 e. The van der Waals surface area contributed by atoms with E-state index in [4.69, 9.17) is 5.73 Å². The van der Waals surface area contributed by atoms with Crippen molar-refractivity contribution in [2.75, 3.05) is 12.3 Å². The Hall–Kier alpha value is -2.55. The van der Waals surface area contributed by atoms with Gasteiger partial charge in [0.1, 0.15) is 0 Å². The summed E-state index contributed by atoms with van der Waals surface area (Å²) in [6, 6.07) is 17.6. The number of unbranched alkanes of at least 4 members (excludes halogenated alkanes) is 10. The molecule has 0 bridgehead atoms. The van der Waals surface area contributed by atoms with Crippen LogP contribution in [0.25, 0.3) is 5.57 Å². The van der Waals surface area contributed by atoms with Crippen LogP contribution < -0.4 is 11.1 Å². The van der Waals surface area contributed by atoms with Gasteiger partial charge in [-0.1, -0.05) is 120 Å². The SMILES string of the molecule is CCCCCCCCCCCCCNC(=O)/C=C(/c1ccccc1)c1ccccc1N. The van der Waals surface area contributed by atoms with Crippen molar-refractivity contribution in [3.63, 3.8) is 0 Å². The minimum atomic E-state index is -0.0609. The molecule has 0 unspecified atom stereocenters. The van der Waals surface area contributed by atoms with Crippen LogP contribution in [0.5, 0.6) is 0 Å². The van der Waals surface area contributed by atoms with Crippen LogP contribution in [0.1, 0.15) is 88.7 Å². The van der Waals surface area contributed by atoms with Crippen LogP contribution in [0, 0.1) is 0 Å². The molecule has 168 valence electrons. The van der Waals surface area contributed by atoms with Crippen LogP contribution in [0.4, 0.5) is 5.69 Å². The summed E-state index contributed by atoms with van der Waals surface area (Å²) < 4.78 is 0. The van der Waals surface area contributed by atoms with Gasteiger partial charge < -0.3 is 11.1 Å². The number of hydrogen-bond donors (Lipinski definition) is 2. The average Bonchev–Trinajstić information content (AvgIpc) is 2.79. The van der Waals surface area contributed by atoms with Crippen molar-refractivity contribution in [3.05, 3.63) is 71.8 Å². The zero-order valence-corrected chi connectivity index (χ0v) is 19.2. The third-order valence-corrected chi connectivity index (χ3v) is 5.69. The topological polar surface area (TPSA) is 55.1 Å². The summed E-state index contributed by atoms with van der Waals surface area (Å²) >= 11 is 0. The number of para-hydroxylation sites is 1. The van der Waals surface area contributed by atoms with E-state index in [0.29, 0.717) is 5.69 Å². The van der Waals surface area contributed by atoms with Gasteiger partial charge in [-0.15, -0.1) is 0 Å². The lowest BCUT2D eigenvalue weighted by Gasteiger charge is -2.11. The van der Waals surface area contributed by atoms with Crippen LogP contribution >= 0.6 is 0 Å². The van der Waals surface area contributed by atoms with E-state index in [-0.39, 0.29) is 5.91 Å². The van der Waals surface area contributed by atoms with Gasteiger partial charge in [0, 0.05) is 23.9 Å². The number of nitrogen functional groups attached to an aromatic ring is 1. The van der Waals surface area contributed by atoms with E-state index in [1.54, 1.807) is 6.08 Å². The monoisotopic (exact) mass is 420 g/mol. The highest BCUT2D eigenvalue weighted by atomic mass is 16.1. The van der Waals surface area contributed by atoms with E-state index in [1.165, 1.54) is 64.2 Å². The van der Waals surface area contributed by atoms with Gasteiger partial charge in [-0.2, -0.15) is 0 Å². The van der Waals surface area contributed by atoms with Crippen LogP contribution in [0.2, 0.25) is 0 Å². The van der Waals surface area contributed by atoms with E-state index < -0.39 is 0 Å². The Morgan fingerprint density at radius 3 is 1.94 bits per heavy atom. The lowest BCUT2D eigenvalue weighted by Crippen LogP contribution is -2.22. The predicted octanol–water partition coefficient (Wildman–Crippen LogP) is 7.13. The van der Waals surface area contributed by atoms with Crippen LogP contribution in [-0.4, -0.2) is 12.5 Å². The number of rotatable bonds is 15. The van der Waals surface area contributed by atoms with Crippen LogP contribution in [0.3, 0.4) is 0 Å². The van der Waals surface area contributed by atoms with Gasteiger partial charge in [-0.25, -0.2) is 0 Å². The second-order valence-corrected chi connectivity index (χ2v) is 8.34. The van der Waals surface area contributed by atoms with Gasteiger partial charge in [0.2, 0.25) is 5.91 Å². The molecule has 0 aliphatic carbocycles. The quantitative estimate of drug-likeness (QED) is 0.183. The molecule has 1 amide bonds. The molecule has 2 rings (SSSR count). The molecule has 0 spiro atoms. The van der Waals surface area contributed by atoms with Crippen molar-refractivity contribution < 1.29 is 4.79 Å². The molecule has 3 heteroatoms. The highest BCUT2D eigenvalue weighted by molar-refractivity contribution is 6.00. The molecule has 0 aliphatic heterocycles. The summed E-state index contributed by atoms with van der Waals surface area (Å²) in [5.41, 5.74) is 9.59. The molecule has 3 N–H and O–H groups in total. The van der Waals surface area contributed by atoms with Crippen molar-refractivity contribution in [3.8, 4) is 0 Å². The number of nitrogens with two attached hydrogens (primary N) is 1. The fourth-order valence-electron chi connectivity index (χ4n) is 3.86. The van der Waals surface area contributed by atoms with E-state index in [1.807, 2.05) is 54.6 Å². The Morgan fingerprint density at radius 2 is 1.32 bits per heavy atom. The predicted molar refractivity (Wildman–Crippen MR) is 134 cm³/mol. The summed E-state index contributed by atoms with van der Waals surface area (Å²) in [4.78, 5) is 12.6. The van der Waals surface area contributed by atoms with E-state index >= 15 is 0 Å². The zero-order chi connectivity index (χ0) is 22.2. The fraction of sp³-hybridized carbons (Fsp3) is 0.464. The Morgan fingerprint density at radius 1 is 0.774 bits per heavy atom. The van der Waals surface area contributed by atoms with Gasteiger partial charge >= 0.3 is 0 Å². The molecule has 2 aromatic carbocycles. The fourth-order valence-corrected chi connectivity index (χ4v) is 3.86. The molecule has 0 heterocycles. The van der Waals surface area contributed by atoms with E-state index in [9.17, 15) is 4.79 Å². The number of benzene rings is 2. The number of anilines is 1. The second-order valence-electron chi connectivity index (χ2n) is 8.34. The minimum Gasteiger partial charge on any atom is -0.398 e. The minimum absolute atomic E-state index is 0.0609. The maximum absolute atomic E-state index is 12.6. The van der Waals surface area contributed by atoms with Gasteiger partial charge in [-0.3, -0.25) is 4.79 Å². The molecule has 3 nitrogen and oxygen atoms in total. The van der Waals surface area contributed by atoms with Crippen LogP contribution in [0.15, 0.2) is 60.7 Å². The molecular weight excluding hydrogens is 380 g/mol. The summed E-state index contributed by atoms with van der Waals surface area (Å²) in [5, 5.41) is 3.05. The number of amides is 1. The molecule has 0 aliphatic rings. The van der Waals surface area contributed by atoms with Crippen molar-refractivity contribution in [2.45, 2.75) is 77.6 Å².